The van der Waals surface area contributed by atoms with Crippen LogP contribution in [0.4, 0.5) is 30.2 Å². The average molecular weight is 490 g/mol. The Balaban J connectivity index is 1.74. The Morgan fingerprint density at radius 3 is 2.09 bits per heavy atom. The van der Waals surface area contributed by atoms with E-state index in [1.165, 1.54) is 37.3 Å². The van der Waals surface area contributed by atoms with Crippen LogP contribution in [0.1, 0.15) is 17.3 Å². The highest BCUT2D eigenvalue weighted by atomic mass is 35.5. The Bertz CT molecular complexity index is 1200. The number of carbonyl (C=O) groups is 3. The molecule has 0 aromatic heterocycles. The predicted octanol–water partition coefficient (Wildman–Crippen LogP) is 3.41. The van der Waals surface area contributed by atoms with E-state index >= 15 is 0 Å². The first-order valence-electron chi connectivity index (χ1n) is 8.95. The van der Waals surface area contributed by atoms with Crippen LogP contribution < -0.4 is 14.9 Å². The van der Waals surface area contributed by atoms with Crippen molar-refractivity contribution in [3.8, 4) is 0 Å². The summed E-state index contributed by atoms with van der Waals surface area (Å²) in [5, 5.41) is 4.03. The minimum absolute atomic E-state index is 0.00524. The van der Waals surface area contributed by atoms with Crippen LogP contribution in [0.2, 0.25) is 5.02 Å². The number of nitrogens with one attached hydrogen (secondary N) is 2. The number of benzene rings is 2. The van der Waals surface area contributed by atoms with E-state index in [0.29, 0.717) is 4.31 Å². The zero-order chi connectivity index (χ0) is 23.8. The van der Waals surface area contributed by atoms with Crippen LogP contribution in [0.15, 0.2) is 42.5 Å². The topological polar surface area (TPSA) is 113 Å². The molecule has 1 saturated heterocycles. The molecule has 0 spiro atoms. The maximum Gasteiger partial charge on any atom is 0.471 e. The Morgan fingerprint density at radius 2 is 1.62 bits per heavy atom. The molecule has 2 N–H and O–H groups in total. The van der Waals surface area contributed by atoms with E-state index < -0.39 is 39.8 Å². The minimum atomic E-state index is -5.03. The van der Waals surface area contributed by atoms with Gasteiger partial charge in [0.15, 0.2) is 0 Å². The second kappa shape index (κ2) is 8.43. The maximum absolute atomic E-state index is 12.5. The van der Waals surface area contributed by atoms with Crippen molar-refractivity contribution in [2.75, 3.05) is 20.7 Å². The number of halogens is 4. The summed E-state index contributed by atoms with van der Waals surface area (Å²) in [5.74, 6) is -4.45. The summed E-state index contributed by atoms with van der Waals surface area (Å²) in [7, 11) is -3.83. The first-order valence-corrected chi connectivity index (χ1v) is 10.9. The Labute approximate surface area is 185 Å². The molecule has 1 heterocycles. The SMILES string of the molecule is CC1CS(=O)(=O)N(c2ccc(C(=O)Nc3ccc(NC(=O)C(F)(F)F)cc3)c(Cl)c2)C1=O. The summed E-state index contributed by atoms with van der Waals surface area (Å²) in [6.45, 7) is 1.49. The maximum atomic E-state index is 12.5. The Kier molecular flexibility index (Phi) is 6.20. The lowest BCUT2D eigenvalue weighted by molar-refractivity contribution is -0.167. The van der Waals surface area contributed by atoms with Gasteiger partial charge in [-0.05, 0) is 42.5 Å². The number of nitrogens with zero attached hydrogens (tertiary/aromatic N) is 1. The summed E-state index contributed by atoms with van der Waals surface area (Å²) in [6, 6.07) is 8.55. The van der Waals surface area contributed by atoms with Gasteiger partial charge in [-0.1, -0.05) is 18.5 Å². The van der Waals surface area contributed by atoms with Crippen molar-refractivity contribution in [3.63, 3.8) is 0 Å². The molecule has 2 aromatic carbocycles. The summed E-state index contributed by atoms with van der Waals surface area (Å²) < 4.78 is 61.9. The number of amides is 3. The molecule has 0 bridgehead atoms. The first kappa shape index (κ1) is 23.5. The summed E-state index contributed by atoms with van der Waals surface area (Å²) >= 11 is 6.12. The van der Waals surface area contributed by atoms with E-state index in [4.69, 9.17) is 11.6 Å². The largest absolute Gasteiger partial charge is 0.471 e. The van der Waals surface area contributed by atoms with Crippen molar-refractivity contribution in [1.29, 1.82) is 0 Å². The number of hydrogen-bond acceptors (Lipinski definition) is 5. The standard InChI is InChI=1S/C19H15ClF3N3O5S/c1-10-9-32(30,31)26(17(10)28)13-6-7-14(15(20)8-13)16(27)24-11-2-4-12(5-3-11)25-18(29)19(21,22)23/h2-8,10H,9H2,1H3,(H,24,27)(H,25,29). The third-order valence-electron chi connectivity index (χ3n) is 4.45. The summed E-state index contributed by atoms with van der Waals surface area (Å²) in [6.07, 6.45) is -5.03. The van der Waals surface area contributed by atoms with Gasteiger partial charge in [0.2, 0.25) is 15.9 Å². The van der Waals surface area contributed by atoms with Crippen LogP contribution in [0, 0.1) is 5.92 Å². The molecular formula is C19H15ClF3N3O5S. The fourth-order valence-corrected chi connectivity index (χ4v) is 5.01. The van der Waals surface area contributed by atoms with E-state index in [1.807, 2.05) is 0 Å². The fraction of sp³-hybridized carbons (Fsp3) is 0.211. The molecule has 32 heavy (non-hydrogen) atoms. The van der Waals surface area contributed by atoms with Crippen LogP contribution >= 0.6 is 11.6 Å². The predicted molar refractivity (Wildman–Crippen MR) is 111 cm³/mol. The molecule has 1 fully saturated rings. The smallest absolute Gasteiger partial charge is 0.322 e. The molecule has 0 radical (unpaired) electrons. The molecule has 8 nitrogen and oxygen atoms in total. The highest BCUT2D eigenvalue weighted by Crippen LogP contribution is 2.31. The van der Waals surface area contributed by atoms with Crippen LogP contribution in [-0.4, -0.2) is 38.1 Å². The van der Waals surface area contributed by atoms with E-state index in [-0.39, 0.29) is 33.4 Å². The van der Waals surface area contributed by atoms with E-state index in [0.717, 1.165) is 12.1 Å². The molecule has 0 saturated carbocycles. The Morgan fingerprint density at radius 1 is 1.06 bits per heavy atom. The van der Waals surface area contributed by atoms with Crippen molar-refractivity contribution < 1.29 is 36.0 Å². The van der Waals surface area contributed by atoms with Crippen LogP contribution in [-0.2, 0) is 19.6 Å². The molecule has 2 aromatic rings. The normalized spacial score (nSPS) is 17.8. The van der Waals surface area contributed by atoms with Crippen molar-refractivity contribution >= 4 is 56.4 Å². The van der Waals surface area contributed by atoms with Gasteiger partial charge in [-0.2, -0.15) is 13.2 Å². The van der Waals surface area contributed by atoms with Gasteiger partial charge in [0.1, 0.15) is 0 Å². The van der Waals surface area contributed by atoms with Crippen molar-refractivity contribution in [2.45, 2.75) is 13.1 Å². The number of sulfonamides is 1. The molecule has 13 heteroatoms. The molecule has 170 valence electrons. The van der Waals surface area contributed by atoms with Crippen molar-refractivity contribution in [3.05, 3.63) is 53.1 Å². The van der Waals surface area contributed by atoms with Crippen LogP contribution in [0.25, 0.3) is 0 Å². The van der Waals surface area contributed by atoms with E-state index in [1.54, 1.807) is 5.32 Å². The van der Waals surface area contributed by atoms with Crippen LogP contribution in [0.3, 0.4) is 0 Å². The second-order valence-corrected chi connectivity index (χ2v) is 9.20. The Hall–Kier alpha value is -3.12. The second-order valence-electron chi connectivity index (χ2n) is 6.93. The molecule has 1 aliphatic heterocycles. The summed E-state index contributed by atoms with van der Waals surface area (Å²) in [5.41, 5.74) is 0.0531. The van der Waals surface area contributed by atoms with Crippen molar-refractivity contribution in [2.24, 2.45) is 5.92 Å². The highest BCUT2D eigenvalue weighted by Gasteiger charge is 2.42. The molecule has 0 aliphatic carbocycles. The van der Waals surface area contributed by atoms with Gasteiger partial charge < -0.3 is 10.6 Å². The van der Waals surface area contributed by atoms with Crippen LogP contribution in [0.5, 0.6) is 0 Å². The van der Waals surface area contributed by atoms with Gasteiger partial charge in [-0.15, -0.1) is 0 Å². The number of alkyl halides is 3. The van der Waals surface area contributed by atoms with Crippen molar-refractivity contribution in [1.82, 2.24) is 0 Å². The minimum Gasteiger partial charge on any atom is -0.322 e. The summed E-state index contributed by atoms with van der Waals surface area (Å²) in [4.78, 5) is 35.6. The van der Waals surface area contributed by atoms with E-state index in [2.05, 4.69) is 5.32 Å². The van der Waals surface area contributed by atoms with E-state index in [9.17, 15) is 36.0 Å². The van der Waals surface area contributed by atoms with Gasteiger partial charge in [-0.25, -0.2) is 12.7 Å². The lowest BCUT2D eigenvalue weighted by Gasteiger charge is -2.16. The zero-order valence-electron chi connectivity index (χ0n) is 16.2. The van der Waals surface area contributed by atoms with Gasteiger partial charge in [0.05, 0.1) is 27.9 Å². The zero-order valence-corrected chi connectivity index (χ0v) is 17.8. The molecular weight excluding hydrogens is 475 g/mol. The fourth-order valence-electron chi connectivity index (χ4n) is 2.94. The first-order chi connectivity index (χ1) is 14.8. The third kappa shape index (κ3) is 4.86. The highest BCUT2D eigenvalue weighted by molar-refractivity contribution is 7.94. The quantitative estimate of drug-likeness (QED) is 0.683. The lowest BCUT2D eigenvalue weighted by Crippen LogP contribution is -2.30. The molecule has 1 unspecified atom stereocenters. The van der Waals surface area contributed by atoms with Gasteiger partial charge in [-0.3, -0.25) is 14.4 Å². The molecule has 3 amide bonds. The van der Waals surface area contributed by atoms with Gasteiger partial charge in [0, 0.05) is 11.4 Å². The molecule has 3 rings (SSSR count). The van der Waals surface area contributed by atoms with Gasteiger partial charge in [0.25, 0.3) is 5.91 Å². The molecule has 1 atom stereocenters. The number of carbonyl (C=O) groups excluding carboxylic acids is 3. The lowest BCUT2D eigenvalue weighted by atomic mass is 10.1. The third-order valence-corrected chi connectivity index (χ3v) is 6.63. The van der Waals surface area contributed by atoms with Gasteiger partial charge >= 0.3 is 12.1 Å². The number of rotatable bonds is 4. The monoisotopic (exact) mass is 489 g/mol. The number of anilines is 3. The molecule has 1 aliphatic rings. The number of hydrogen-bond donors (Lipinski definition) is 2. The average Bonchev–Trinajstić information content (AvgIpc) is 2.89.